The first-order valence-corrected chi connectivity index (χ1v) is 7.43. The number of hydrogen-bond donors (Lipinski definition) is 1. The fraction of sp³-hybridized carbons (Fsp3) is 0.412. The van der Waals surface area contributed by atoms with E-state index in [2.05, 4.69) is 29.2 Å². The van der Waals surface area contributed by atoms with Crippen LogP contribution < -0.4 is 5.73 Å². The van der Waals surface area contributed by atoms with E-state index < -0.39 is 0 Å². The van der Waals surface area contributed by atoms with E-state index in [0.29, 0.717) is 5.92 Å². The van der Waals surface area contributed by atoms with E-state index in [4.69, 9.17) is 10.7 Å². The highest BCUT2D eigenvalue weighted by Gasteiger charge is 2.19. The minimum Gasteiger partial charge on any atom is -0.330 e. The van der Waals surface area contributed by atoms with Gasteiger partial charge in [0.25, 0.3) is 0 Å². The lowest BCUT2D eigenvalue weighted by molar-refractivity contribution is 0.460. The zero-order valence-electron chi connectivity index (χ0n) is 11.8. The van der Waals surface area contributed by atoms with Gasteiger partial charge in [0, 0.05) is 18.3 Å². The van der Waals surface area contributed by atoms with Crippen LogP contribution in [0.3, 0.4) is 0 Å². The minimum atomic E-state index is 0.612. The molecule has 3 nitrogen and oxygen atoms in total. The Morgan fingerprint density at radius 1 is 1.15 bits per heavy atom. The largest absolute Gasteiger partial charge is 0.330 e. The zero-order valence-corrected chi connectivity index (χ0v) is 11.8. The molecule has 2 aromatic rings. The molecule has 3 rings (SSSR count). The van der Waals surface area contributed by atoms with Crippen molar-refractivity contribution in [1.29, 1.82) is 0 Å². The first-order chi connectivity index (χ1) is 9.85. The number of aryl methyl sites for hydroxylation is 3. The molecular weight excluding hydrogens is 246 g/mol. The molecule has 1 unspecified atom stereocenters. The van der Waals surface area contributed by atoms with Gasteiger partial charge in [-0.1, -0.05) is 30.3 Å². The van der Waals surface area contributed by atoms with Crippen LogP contribution in [0.15, 0.2) is 36.5 Å². The Morgan fingerprint density at radius 3 is 2.80 bits per heavy atom. The van der Waals surface area contributed by atoms with E-state index in [1.807, 2.05) is 12.3 Å². The van der Waals surface area contributed by atoms with E-state index in [0.717, 1.165) is 38.1 Å². The number of nitrogens with two attached hydrogens (primary N) is 1. The average Bonchev–Trinajstić information content (AvgIpc) is 2.53. The first-order valence-electron chi connectivity index (χ1n) is 7.43. The van der Waals surface area contributed by atoms with E-state index in [1.54, 1.807) is 0 Å². The van der Waals surface area contributed by atoms with Crippen LogP contribution >= 0.6 is 0 Å². The monoisotopic (exact) mass is 267 g/mol. The van der Waals surface area contributed by atoms with Gasteiger partial charge in [-0.3, -0.25) is 0 Å². The second-order valence-electron chi connectivity index (χ2n) is 5.59. The molecule has 1 heterocycles. The second-order valence-corrected chi connectivity index (χ2v) is 5.59. The van der Waals surface area contributed by atoms with Crippen molar-refractivity contribution in [3.05, 3.63) is 59.2 Å². The Kier molecular flexibility index (Phi) is 4.07. The highest BCUT2D eigenvalue weighted by molar-refractivity contribution is 5.22. The smallest absolute Gasteiger partial charge is 0.128 e. The first kappa shape index (κ1) is 13.3. The molecule has 0 amide bonds. The van der Waals surface area contributed by atoms with Crippen molar-refractivity contribution in [3.63, 3.8) is 0 Å². The number of hydrogen-bond acceptors (Lipinski definition) is 3. The van der Waals surface area contributed by atoms with Crippen molar-refractivity contribution in [2.24, 2.45) is 11.7 Å². The fourth-order valence-electron chi connectivity index (χ4n) is 2.85. The predicted octanol–water partition coefficient (Wildman–Crippen LogP) is 2.33. The number of rotatable bonds is 4. The maximum absolute atomic E-state index is 5.76. The summed E-state index contributed by atoms with van der Waals surface area (Å²) in [7, 11) is 0. The number of benzene rings is 1. The molecule has 20 heavy (non-hydrogen) atoms. The van der Waals surface area contributed by atoms with Gasteiger partial charge in [0.15, 0.2) is 0 Å². The zero-order chi connectivity index (χ0) is 13.8. The lowest BCUT2D eigenvalue weighted by Gasteiger charge is -2.22. The highest BCUT2D eigenvalue weighted by atomic mass is 14.9. The summed E-state index contributed by atoms with van der Waals surface area (Å²) in [6.45, 7) is 0.773. The summed E-state index contributed by atoms with van der Waals surface area (Å²) in [5.74, 6) is 1.58. The molecule has 1 atom stereocenters. The van der Waals surface area contributed by atoms with Crippen molar-refractivity contribution in [3.8, 4) is 0 Å². The summed E-state index contributed by atoms with van der Waals surface area (Å²) in [6, 6.07) is 10.5. The lowest BCUT2D eigenvalue weighted by Crippen LogP contribution is -2.23. The second kappa shape index (κ2) is 6.14. The summed E-state index contributed by atoms with van der Waals surface area (Å²) in [6.07, 6.45) is 7.20. The Morgan fingerprint density at radius 2 is 2.00 bits per heavy atom. The standard InChI is InChI=1S/C17H21N3/c18-11-14-6-8-16-15(10-14)12-19-17(20-16)9-7-13-4-2-1-3-5-13/h1-5,12,14H,6-11,18H2. The van der Waals surface area contributed by atoms with Gasteiger partial charge in [-0.15, -0.1) is 0 Å². The molecule has 0 radical (unpaired) electrons. The minimum absolute atomic E-state index is 0.612. The van der Waals surface area contributed by atoms with Crippen LogP contribution in [0.1, 0.15) is 29.1 Å². The van der Waals surface area contributed by atoms with E-state index in [-0.39, 0.29) is 0 Å². The molecule has 1 aliphatic rings. The van der Waals surface area contributed by atoms with Gasteiger partial charge in [-0.05, 0) is 49.3 Å². The van der Waals surface area contributed by atoms with Crippen LogP contribution in [0.5, 0.6) is 0 Å². The Labute approximate surface area is 120 Å². The van der Waals surface area contributed by atoms with Crippen LogP contribution in [0.2, 0.25) is 0 Å². The third-order valence-corrected chi connectivity index (χ3v) is 4.12. The molecule has 0 fully saturated rings. The quantitative estimate of drug-likeness (QED) is 0.925. The summed E-state index contributed by atoms with van der Waals surface area (Å²) in [5.41, 5.74) is 9.65. The molecule has 0 bridgehead atoms. The van der Waals surface area contributed by atoms with Gasteiger partial charge < -0.3 is 5.73 Å². The van der Waals surface area contributed by atoms with Crippen molar-refractivity contribution >= 4 is 0 Å². The molecular formula is C17H21N3. The van der Waals surface area contributed by atoms with E-state index in [9.17, 15) is 0 Å². The number of nitrogens with zero attached hydrogens (tertiary/aromatic N) is 2. The van der Waals surface area contributed by atoms with Gasteiger partial charge in [0.05, 0.1) is 0 Å². The molecule has 1 aromatic heterocycles. The fourth-order valence-corrected chi connectivity index (χ4v) is 2.85. The normalized spacial score (nSPS) is 17.8. The van der Waals surface area contributed by atoms with E-state index >= 15 is 0 Å². The van der Waals surface area contributed by atoms with Crippen molar-refractivity contribution < 1.29 is 0 Å². The Hall–Kier alpha value is -1.74. The third-order valence-electron chi connectivity index (χ3n) is 4.12. The van der Waals surface area contributed by atoms with Crippen LogP contribution in [-0.4, -0.2) is 16.5 Å². The summed E-state index contributed by atoms with van der Waals surface area (Å²) >= 11 is 0. The van der Waals surface area contributed by atoms with Gasteiger partial charge in [-0.2, -0.15) is 0 Å². The summed E-state index contributed by atoms with van der Waals surface area (Å²) in [4.78, 5) is 9.27. The Balaban J connectivity index is 1.67. The average molecular weight is 267 g/mol. The molecule has 104 valence electrons. The van der Waals surface area contributed by atoms with E-state index in [1.165, 1.54) is 23.2 Å². The predicted molar refractivity (Wildman–Crippen MR) is 80.5 cm³/mol. The topological polar surface area (TPSA) is 51.8 Å². The maximum Gasteiger partial charge on any atom is 0.128 e. The van der Waals surface area contributed by atoms with Gasteiger partial charge in [0.2, 0.25) is 0 Å². The molecule has 1 aromatic carbocycles. The molecule has 0 saturated heterocycles. The third kappa shape index (κ3) is 3.05. The number of fused-ring (bicyclic) bond motifs is 1. The van der Waals surface area contributed by atoms with Gasteiger partial charge >= 0.3 is 0 Å². The van der Waals surface area contributed by atoms with Gasteiger partial charge in [0.1, 0.15) is 5.82 Å². The summed E-state index contributed by atoms with van der Waals surface area (Å²) < 4.78 is 0. The SMILES string of the molecule is NCC1CCc2nc(CCc3ccccc3)ncc2C1. The molecule has 3 heteroatoms. The van der Waals surface area contributed by atoms with Crippen LogP contribution in [0.4, 0.5) is 0 Å². The molecule has 0 aliphatic heterocycles. The molecule has 2 N–H and O–H groups in total. The number of aromatic nitrogens is 2. The van der Waals surface area contributed by atoms with Crippen molar-refractivity contribution in [1.82, 2.24) is 9.97 Å². The van der Waals surface area contributed by atoms with Crippen LogP contribution in [0.25, 0.3) is 0 Å². The summed E-state index contributed by atoms with van der Waals surface area (Å²) in [5, 5.41) is 0. The Bertz CT molecular complexity index is 566. The highest BCUT2D eigenvalue weighted by Crippen LogP contribution is 2.23. The van der Waals surface area contributed by atoms with Crippen LogP contribution in [0, 0.1) is 5.92 Å². The van der Waals surface area contributed by atoms with Crippen LogP contribution in [-0.2, 0) is 25.7 Å². The van der Waals surface area contributed by atoms with Crippen molar-refractivity contribution in [2.75, 3.05) is 6.54 Å². The molecule has 0 saturated carbocycles. The van der Waals surface area contributed by atoms with Gasteiger partial charge in [-0.25, -0.2) is 9.97 Å². The molecule has 0 spiro atoms. The molecule has 1 aliphatic carbocycles. The maximum atomic E-state index is 5.76. The van der Waals surface area contributed by atoms with Crippen molar-refractivity contribution in [2.45, 2.75) is 32.1 Å². The lowest BCUT2D eigenvalue weighted by atomic mass is 9.87.